The molecule has 2 fully saturated rings. The molecule has 1 aromatic heterocycles. The highest BCUT2D eigenvalue weighted by atomic mass is 32.2. The summed E-state index contributed by atoms with van der Waals surface area (Å²) in [5.41, 5.74) is 0.535. The first kappa shape index (κ1) is 20.1. The SMILES string of the molecule is CC1(NS(=O)(=O)c2ccc(NC3CCN(c4ccccc4)CC3)nc2)CC(F)C1. The van der Waals surface area contributed by atoms with Crippen LogP contribution in [0.15, 0.2) is 53.6 Å². The molecular formula is C21H27FN4O2S. The van der Waals surface area contributed by atoms with Crippen LogP contribution in [0.5, 0.6) is 0 Å². The molecule has 1 aliphatic carbocycles. The molecule has 6 nitrogen and oxygen atoms in total. The molecule has 0 radical (unpaired) electrons. The van der Waals surface area contributed by atoms with Crippen LogP contribution in [-0.4, -0.2) is 44.2 Å². The van der Waals surface area contributed by atoms with Crippen molar-refractivity contribution in [3.05, 3.63) is 48.7 Å². The molecule has 2 heterocycles. The van der Waals surface area contributed by atoms with Gasteiger partial charge in [0.2, 0.25) is 10.0 Å². The maximum atomic E-state index is 13.1. The molecule has 2 N–H and O–H groups in total. The lowest BCUT2D eigenvalue weighted by molar-refractivity contribution is 0.100. The van der Waals surface area contributed by atoms with E-state index in [4.69, 9.17) is 0 Å². The number of alkyl halides is 1. The number of hydrogen-bond acceptors (Lipinski definition) is 5. The van der Waals surface area contributed by atoms with Crippen molar-refractivity contribution in [3.8, 4) is 0 Å². The van der Waals surface area contributed by atoms with Gasteiger partial charge in [-0.05, 0) is 56.9 Å². The summed E-state index contributed by atoms with van der Waals surface area (Å²) < 4.78 is 40.8. The van der Waals surface area contributed by atoms with Gasteiger partial charge in [0, 0.05) is 36.6 Å². The van der Waals surface area contributed by atoms with Gasteiger partial charge in [-0.2, -0.15) is 0 Å². The van der Waals surface area contributed by atoms with Crippen LogP contribution in [0.25, 0.3) is 0 Å². The van der Waals surface area contributed by atoms with E-state index in [1.807, 2.05) is 6.07 Å². The molecule has 0 bridgehead atoms. The summed E-state index contributed by atoms with van der Waals surface area (Å²) in [5, 5.41) is 3.41. The van der Waals surface area contributed by atoms with Crippen molar-refractivity contribution in [2.24, 2.45) is 0 Å². The van der Waals surface area contributed by atoms with E-state index in [0.717, 1.165) is 25.9 Å². The predicted molar refractivity (Wildman–Crippen MR) is 112 cm³/mol. The molecule has 1 saturated heterocycles. The summed E-state index contributed by atoms with van der Waals surface area (Å²) in [7, 11) is -3.70. The number of pyridine rings is 1. The number of sulfonamides is 1. The average Bonchev–Trinajstić information content (AvgIpc) is 2.68. The molecule has 4 rings (SSSR count). The molecule has 0 amide bonds. The van der Waals surface area contributed by atoms with Crippen LogP contribution < -0.4 is 14.9 Å². The first-order valence-corrected chi connectivity index (χ1v) is 11.5. The molecular weight excluding hydrogens is 391 g/mol. The summed E-state index contributed by atoms with van der Waals surface area (Å²) in [6.07, 6.45) is 2.82. The lowest BCUT2D eigenvalue weighted by Crippen LogP contribution is -2.55. The van der Waals surface area contributed by atoms with Gasteiger partial charge in [0.25, 0.3) is 0 Å². The summed E-state index contributed by atoms with van der Waals surface area (Å²) in [6.45, 7) is 3.66. The zero-order valence-corrected chi connectivity index (χ0v) is 17.3. The van der Waals surface area contributed by atoms with Gasteiger partial charge in [-0.3, -0.25) is 0 Å². The van der Waals surface area contributed by atoms with Gasteiger partial charge in [-0.25, -0.2) is 22.5 Å². The van der Waals surface area contributed by atoms with Crippen molar-refractivity contribution in [2.45, 2.75) is 55.3 Å². The molecule has 2 aliphatic rings. The first-order chi connectivity index (χ1) is 13.8. The largest absolute Gasteiger partial charge is 0.371 e. The zero-order chi connectivity index (χ0) is 20.5. The molecule has 156 valence electrons. The van der Waals surface area contributed by atoms with E-state index in [1.54, 1.807) is 19.1 Å². The van der Waals surface area contributed by atoms with Crippen molar-refractivity contribution in [1.29, 1.82) is 0 Å². The molecule has 1 aliphatic heterocycles. The first-order valence-electron chi connectivity index (χ1n) is 10.0. The molecule has 29 heavy (non-hydrogen) atoms. The number of nitrogens with zero attached hydrogens (tertiary/aromatic N) is 2. The maximum absolute atomic E-state index is 13.1. The van der Waals surface area contributed by atoms with Gasteiger partial charge in [-0.1, -0.05) is 18.2 Å². The van der Waals surface area contributed by atoms with Crippen molar-refractivity contribution in [3.63, 3.8) is 0 Å². The molecule has 1 aromatic carbocycles. The van der Waals surface area contributed by atoms with Gasteiger partial charge >= 0.3 is 0 Å². The maximum Gasteiger partial charge on any atom is 0.242 e. The number of para-hydroxylation sites is 1. The van der Waals surface area contributed by atoms with Gasteiger partial charge < -0.3 is 10.2 Å². The summed E-state index contributed by atoms with van der Waals surface area (Å²) in [6, 6.07) is 13.9. The fraction of sp³-hybridized carbons (Fsp3) is 0.476. The summed E-state index contributed by atoms with van der Waals surface area (Å²) in [5.74, 6) is 0.667. The summed E-state index contributed by atoms with van der Waals surface area (Å²) >= 11 is 0. The van der Waals surface area contributed by atoms with Crippen LogP contribution >= 0.6 is 0 Å². The van der Waals surface area contributed by atoms with Crippen molar-refractivity contribution < 1.29 is 12.8 Å². The minimum absolute atomic E-state index is 0.102. The molecule has 1 saturated carbocycles. The fourth-order valence-corrected chi connectivity index (χ4v) is 5.51. The highest BCUT2D eigenvalue weighted by Gasteiger charge is 2.43. The van der Waals surface area contributed by atoms with Gasteiger partial charge in [-0.15, -0.1) is 0 Å². The fourth-order valence-electron chi connectivity index (χ4n) is 4.14. The average molecular weight is 419 g/mol. The molecule has 2 aromatic rings. The number of benzene rings is 1. The number of aromatic nitrogens is 1. The quantitative estimate of drug-likeness (QED) is 0.753. The number of rotatable bonds is 6. The second-order valence-electron chi connectivity index (χ2n) is 8.29. The van der Waals surface area contributed by atoms with Crippen LogP contribution in [0.4, 0.5) is 15.9 Å². The normalized spacial score (nSPS) is 25.4. The Kier molecular flexibility index (Phi) is 5.48. The molecule has 8 heteroatoms. The third-order valence-corrected chi connectivity index (χ3v) is 7.36. The topological polar surface area (TPSA) is 74.3 Å². The number of nitrogens with one attached hydrogen (secondary N) is 2. The van der Waals surface area contributed by atoms with E-state index in [0.29, 0.717) is 11.9 Å². The standard InChI is InChI=1S/C21H27FN4O2S/c1-21(13-16(22)14-21)25-29(27,28)19-7-8-20(23-15-19)24-17-9-11-26(12-10-17)18-5-3-2-4-6-18/h2-8,15-17,25H,9-14H2,1H3,(H,23,24). The Balaban J connectivity index is 1.32. The van der Waals surface area contributed by atoms with E-state index >= 15 is 0 Å². The predicted octanol–water partition coefficient (Wildman–Crippen LogP) is 3.33. The molecule has 0 atom stereocenters. The van der Waals surface area contributed by atoms with Gasteiger partial charge in [0.15, 0.2) is 0 Å². The van der Waals surface area contributed by atoms with E-state index in [1.165, 1.54) is 11.9 Å². The van der Waals surface area contributed by atoms with Crippen LogP contribution in [0.1, 0.15) is 32.6 Å². The highest BCUT2D eigenvalue weighted by molar-refractivity contribution is 7.89. The smallest absolute Gasteiger partial charge is 0.242 e. The van der Waals surface area contributed by atoms with E-state index in [2.05, 4.69) is 44.2 Å². The third kappa shape index (κ3) is 4.70. The number of anilines is 2. The lowest BCUT2D eigenvalue weighted by atomic mass is 9.78. The lowest BCUT2D eigenvalue weighted by Gasteiger charge is -2.41. The summed E-state index contributed by atoms with van der Waals surface area (Å²) in [4.78, 5) is 6.76. The van der Waals surface area contributed by atoms with Crippen LogP contribution in [-0.2, 0) is 10.0 Å². The highest BCUT2D eigenvalue weighted by Crippen LogP contribution is 2.35. The monoisotopic (exact) mass is 418 g/mol. The minimum Gasteiger partial charge on any atom is -0.371 e. The Morgan fingerprint density at radius 2 is 1.79 bits per heavy atom. The Bertz CT molecular complexity index is 923. The molecule has 0 spiro atoms. The van der Waals surface area contributed by atoms with Crippen molar-refractivity contribution >= 4 is 21.5 Å². The number of halogens is 1. The number of hydrogen-bond donors (Lipinski definition) is 2. The number of piperidine rings is 1. The third-order valence-electron chi connectivity index (χ3n) is 5.74. The Labute approximate surface area is 171 Å². The van der Waals surface area contributed by atoms with Crippen LogP contribution in [0.3, 0.4) is 0 Å². The molecule has 0 unspecified atom stereocenters. The van der Waals surface area contributed by atoms with Crippen LogP contribution in [0.2, 0.25) is 0 Å². The van der Waals surface area contributed by atoms with Gasteiger partial charge in [0.1, 0.15) is 16.9 Å². The second-order valence-corrected chi connectivity index (χ2v) is 9.97. The van der Waals surface area contributed by atoms with E-state index in [-0.39, 0.29) is 17.7 Å². The van der Waals surface area contributed by atoms with Crippen LogP contribution in [0, 0.1) is 0 Å². The van der Waals surface area contributed by atoms with E-state index in [9.17, 15) is 12.8 Å². The second kappa shape index (κ2) is 7.91. The Hall–Kier alpha value is -2.19. The Morgan fingerprint density at radius 3 is 2.38 bits per heavy atom. The van der Waals surface area contributed by atoms with E-state index < -0.39 is 21.7 Å². The Morgan fingerprint density at radius 1 is 1.10 bits per heavy atom. The zero-order valence-electron chi connectivity index (χ0n) is 16.5. The van der Waals surface area contributed by atoms with Gasteiger partial charge in [0.05, 0.1) is 0 Å². The van der Waals surface area contributed by atoms with Crippen molar-refractivity contribution in [2.75, 3.05) is 23.3 Å². The minimum atomic E-state index is -3.70. The van der Waals surface area contributed by atoms with Crippen molar-refractivity contribution in [1.82, 2.24) is 9.71 Å².